The van der Waals surface area contributed by atoms with Crippen LogP contribution in [-0.2, 0) is 23.9 Å². The lowest BCUT2D eigenvalue weighted by Crippen LogP contribution is -2.62. The maximum atomic E-state index is 13.5. The van der Waals surface area contributed by atoms with E-state index in [1.807, 2.05) is 6.92 Å². The molecule has 1 N–H and O–H groups in total. The van der Waals surface area contributed by atoms with E-state index in [1.54, 1.807) is 0 Å². The summed E-state index contributed by atoms with van der Waals surface area (Å²) < 4.78 is 4.87. The highest BCUT2D eigenvalue weighted by atomic mass is 16.5. The zero-order valence-electron chi connectivity index (χ0n) is 17.7. The van der Waals surface area contributed by atoms with Gasteiger partial charge in [-0.15, -0.1) is 0 Å². The Morgan fingerprint density at radius 2 is 1.86 bits per heavy atom. The molecule has 0 radical (unpaired) electrons. The van der Waals surface area contributed by atoms with Gasteiger partial charge in [-0.05, 0) is 55.3 Å². The zero-order valence-corrected chi connectivity index (χ0v) is 17.7. The third-order valence-electron chi connectivity index (χ3n) is 9.19. The summed E-state index contributed by atoms with van der Waals surface area (Å²) in [5.41, 5.74) is -2.61. The number of Topliss-reactive ketones (excluding diaryl/α,β-unsaturated/α-hetero) is 3. The standard InChI is InChI=1S/C23H32O6/c1-13(24)29-12-19(27)23(28)9-7-17-16-5-4-14-10-15(25)6-8-21(14,2)20(16)18(26)11-22(17,23)3/h14,16-17,20,28H,4-12H2,1-3H3/t14-,16+,17+,20-,21+,22+,23+/m1/s1. The molecule has 0 spiro atoms. The molecule has 7 atom stereocenters. The molecule has 4 fully saturated rings. The Labute approximate surface area is 171 Å². The van der Waals surface area contributed by atoms with Crippen LogP contribution in [0.5, 0.6) is 0 Å². The van der Waals surface area contributed by atoms with Crippen molar-refractivity contribution in [3.8, 4) is 0 Å². The second-order valence-corrected chi connectivity index (χ2v) is 10.4. The van der Waals surface area contributed by atoms with Gasteiger partial charge in [0.25, 0.3) is 0 Å². The molecule has 4 rings (SSSR count). The lowest BCUT2D eigenvalue weighted by Gasteiger charge is -2.59. The number of carbonyl (C=O) groups is 4. The Hall–Kier alpha value is -1.56. The molecular formula is C23H32O6. The van der Waals surface area contributed by atoms with Gasteiger partial charge in [0.05, 0.1) is 0 Å². The third-order valence-corrected chi connectivity index (χ3v) is 9.19. The fourth-order valence-electron chi connectivity index (χ4n) is 7.61. The summed E-state index contributed by atoms with van der Waals surface area (Å²) in [4.78, 5) is 49.5. The Bertz CT molecular complexity index is 773. The van der Waals surface area contributed by atoms with Crippen LogP contribution in [0.4, 0.5) is 0 Å². The van der Waals surface area contributed by atoms with Crippen LogP contribution in [0.25, 0.3) is 0 Å². The molecule has 0 unspecified atom stereocenters. The average molecular weight is 405 g/mol. The highest BCUT2D eigenvalue weighted by Gasteiger charge is 2.69. The minimum atomic E-state index is -1.63. The van der Waals surface area contributed by atoms with Crippen LogP contribution in [0.1, 0.15) is 72.1 Å². The predicted octanol–water partition coefficient (Wildman–Crippen LogP) is 2.64. The van der Waals surface area contributed by atoms with Crippen molar-refractivity contribution in [3.05, 3.63) is 0 Å². The van der Waals surface area contributed by atoms with Crippen LogP contribution in [0.15, 0.2) is 0 Å². The number of hydrogen-bond donors (Lipinski definition) is 1. The third kappa shape index (κ3) is 2.85. The highest BCUT2D eigenvalue weighted by Crippen LogP contribution is 2.67. The van der Waals surface area contributed by atoms with E-state index in [4.69, 9.17) is 4.74 Å². The van der Waals surface area contributed by atoms with E-state index in [0.717, 1.165) is 19.3 Å². The zero-order chi connectivity index (χ0) is 21.2. The highest BCUT2D eigenvalue weighted by molar-refractivity contribution is 5.93. The number of ketones is 3. The number of fused-ring (bicyclic) bond motifs is 5. The smallest absolute Gasteiger partial charge is 0.303 e. The number of rotatable bonds is 3. The summed E-state index contributed by atoms with van der Waals surface area (Å²) in [5, 5.41) is 11.4. The fraction of sp³-hybridized carbons (Fsp3) is 0.826. The Balaban J connectivity index is 1.64. The molecule has 0 saturated heterocycles. The molecule has 0 aromatic heterocycles. The van der Waals surface area contributed by atoms with Gasteiger partial charge in [0.15, 0.2) is 6.61 Å². The number of ether oxygens (including phenoxy) is 1. The maximum absolute atomic E-state index is 13.5. The average Bonchev–Trinajstić information content (AvgIpc) is 2.91. The van der Waals surface area contributed by atoms with Gasteiger partial charge in [0.1, 0.15) is 17.2 Å². The van der Waals surface area contributed by atoms with E-state index < -0.39 is 29.4 Å². The lowest BCUT2D eigenvalue weighted by molar-refractivity contribution is -0.180. The van der Waals surface area contributed by atoms with Gasteiger partial charge < -0.3 is 9.84 Å². The minimum absolute atomic E-state index is 0.0849. The summed E-state index contributed by atoms with van der Waals surface area (Å²) in [6.07, 6.45) is 4.90. The van der Waals surface area contributed by atoms with Gasteiger partial charge in [-0.25, -0.2) is 0 Å². The number of aliphatic hydroxyl groups is 1. The SMILES string of the molecule is CC(=O)OCC(=O)[C@@]1(O)CC[C@H]2[C@@H]3CC[C@@H]4CC(=O)CC[C@]4(C)[C@H]3C(=O)C[C@@]21C. The van der Waals surface area contributed by atoms with Crippen LogP contribution in [0.2, 0.25) is 0 Å². The topological polar surface area (TPSA) is 97.7 Å². The number of carbonyl (C=O) groups excluding carboxylic acids is 4. The van der Waals surface area contributed by atoms with Crippen molar-refractivity contribution in [2.45, 2.75) is 77.7 Å². The normalized spacial score (nSPS) is 46.5. The van der Waals surface area contributed by atoms with Crippen molar-refractivity contribution in [1.29, 1.82) is 0 Å². The quantitative estimate of drug-likeness (QED) is 0.726. The first-order valence-electron chi connectivity index (χ1n) is 11.0. The van der Waals surface area contributed by atoms with E-state index in [2.05, 4.69) is 6.92 Å². The van der Waals surface area contributed by atoms with Crippen molar-refractivity contribution in [3.63, 3.8) is 0 Å². The summed E-state index contributed by atoms with van der Waals surface area (Å²) in [6.45, 7) is 4.86. The van der Waals surface area contributed by atoms with Gasteiger partial charge in [-0.3, -0.25) is 19.2 Å². The number of esters is 1. The van der Waals surface area contributed by atoms with Crippen LogP contribution in [0, 0.1) is 34.5 Å². The molecule has 0 aliphatic heterocycles. The first-order valence-corrected chi connectivity index (χ1v) is 11.0. The Morgan fingerprint density at radius 1 is 1.14 bits per heavy atom. The van der Waals surface area contributed by atoms with Gasteiger partial charge >= 0.3 is 5.97 Å². The molecule has 4 saturated carbocycles. The minimum Gasteiger partial charge on any atom is -0.458 e. The first-order chi connectivity index (χ1) is 13.5. The monoisotopic (exact) mass is 404 g/mol. The van der Waals surface area contributed by atoms with E-state index in [0.29, 0.717) is 31.5 Å². The summed E-state index contributed by atoms with van der Waals surface area (Å²) >= 11 is 0. The lowest BCUT2D eigenvalue weighted by atomic mass is 9.44. The molecule has 4 aliphatic rings. The number of hydrogen-bond acceptors (Lipinski definition) is 6. The Morgan fingerprint density at radius 3 is 2.55 bits per heavy atom. The van der Waals surface area contributed by atoms with E-state index in [9.17, 15) is 24.3 Å². The van der Waals surface area contributed by atoms with E-state index in [1.165, 1.54) is 6.92 Å². The molecule has 0 amide bonds. The van der Waals surface area contributed by atoms with Gasteiger partial charge in [-0.2, -0.15) is 0 Å². The van der Waals surface area contributed by atoms with Crippen LogP contribution in [0.3, 0.4) is 0 Å². The van der Waals surface area contributed by atoms with E-state index >= 15 is 0 Å². The molecule has 0 bridgehead atoms. The molecule has 0 aromatic rings. The Kier molecular flexibility index (Phi) is 4.80. The van der Waals surface area contributed by atoms with Crippen molar-refractivity contribution in [2.24, 2.45) is 34.5 Å². The van der Waals surface area contributed by atoms with Gasteiger partial charge in [-0.1, -0.05) is 13.8 Å². The molecule has 6 nitrogen and oxygen atoms in total. The second-order valence-electron chi connectivity index (χ2n) is 10.4. The molecular weight excluding hydrogens is 372 g/mol. The molecule has 6 heteroatoms. The van der Waals surface area contributed by atoms with Crippen LogP contribution < -0.4 is 0 Å². The van der Waals surface area contributed by atoms with E-state index in [-0.39, 0.29) is 41.3 Å². The van der Waals surface area contributed by atoms with Crippen LogP contribution >= 0.6 is 0 Å². The van der Waals surface area contributed by atoms with Crippen molar-refractivity contribution >= 4 is 23.3 Å². The predicted molar refractivity (Wildman–Crippen MR) is 104 cm³/mol. The fourth-order valence-corrected chi connectivity index (χ4v) is 7.61. The first kappa shape index (κ1) is 20.7. The second kappa shape index (κ2) is 6.73. The molecule has 160 valence electrons. The maximum Gasteiger partial charge on any atom is 0.303 e. The molecule has 0 aromatic carbocycles. The van der Waals surface area contributed by atoms with Crippen molar-refractivity contribution < 1.29 is 29.0 Å². The van der Waals surface area contributed by atoms with Crippen molar-refractivity contribution in [1.82, 2.24) is 0 Å². The van der Waals surface area contributed by atoms with Crippen LogP contribution in [-0.4, -0.2) is 40.6 Å². The molecule has 29 heavy (non-hydrogen) atoms. The van der Waals surface area contributed by atoms with Gasteiger partial charge in [0, 0.05) is 37.5 Å². The summed E-state index contributed by atoms with van der Waals surface area (Å²) in [6, 6.07) is 0. The molecule has 4 aliphatic carbocycles. The largest absolute Gasteiger partial charge is 0.458 e. The van der Waals surface area contributed by atoms with Gasteiger partial charge in [0.2, 0.25) is 5.78 Å². The summed E-state index contributed by atoms with van der Waals surface area (Å²) in [7, 11) is 0. The van der Waals surface area contributed by atoms with Crippen molar-refractivity contribution in [2.75, 3.05) is 6.61 Å². The molecule has 0 heterocycles. The summed E-state index contributed by atoms with van der Waals surface area (Å²) in [5.74, 6) is -0.187.